The SMILES string of the molecule is C=C(C)C(=O)OC[SiH](CC)COC. The molecule has 0 spiro atoms. The maximum Gasteiger partial charge on any atom is 0.332 e. The van der Waals surface area contributed by atoms with Crippen LogP contribution in [0.3, 0.4) is 0 Å². The molecule has 0 bridgehead atoms. The van der Waals surface area contributed by atoms with Crippen LogP contribution in [0.25, 0.3) is 0 Å². The molecule has 0 saturated heterocycles. The summed E-state index contributed by atoms with van der Waals surface area (Å²) < 4.78 is 10.1. The summed E-state index contributed by atoms with van der Waals surface area (Å²) in [6.07, 6.45) is 1.32. The number of rotatable bonds is 6. The molecule has 0 fully saturated rings. The summed E-state index contributed by atoms with van der Waals surface area (Å²) in [5.41, 5.74) is 0.460. The van der Waals surface area contributed by atoms with Gasteiger partial charge in [-0.1, -0.05) is 19.5 Å². The van der Waals surface area contributed by atoms with Gasteiger partial charge in [-0.05, 0) is 6.92 Å². The van der Waals surface area contributed by atoms with Gasteiger partial charge in [0.15, 0.2) is 0 Å². The predicted molar refractivity (Wildman–Crippen MR) is 55.3 cm³/mol. The molecule has 0 radical (unpaired) electrons. The van der Waals surface area contributed by atoms with Crippen LogP contribution in [0.4, 0.5) is 0 Å². The van der Waals surface area contributed by atoms with E-state index in [4.69, 9.17) is 9.47 Å². The second-order valence-electron chi connectivity index (χ2n) is 3.11. The zero-order valence-corrected chi connectivity index (χ0v) is 9.79. The van der Waals surface area contributed by atoms with Gasteiger partial charge in [-0.15, -0.1) is 0 Å². The van der Waals surface area contributed by atoms with Gasteiger partial charge in [0.05, 0.1) is 6.23 Å². The van der Waals surface area contributed by atoms with Crippen LogP contribution < -0.4 is 0 Å². The van der Waals surface area contributed by atoms with Gasteiger partial charge in [-0.3, -0.25) is 0 Å². The average Bonchev–Trinajstić information content (AvgIpc) is 2.11. The lowest BCUT2D eigenvalue weighted by atomic mass is 10.4. The number of carbonyl (C=O) groups excluding carboxylic acids is 1. The zero-order valence-electron chi connectivity index (χ0n) is 8.63. The van der Waals surface area contributed by atoms with Crippen LogP contribution in [-0.4, -0.2) is 34.3 Å². The van der Waals surface area contributed by atoms with E-state index in [1.807, 2.05) is 0 Å². The minimum absolute atomic E-state index is 0.290. The standard InChI is InChI=1S/C9H18O3Si/c1-5-13(6-11-4)7-12-9(10)8(2)3/h13H,2,5-7H2,1,3-4H3. The number of esters is 1. The molecule has 0 amide bonds. The molecule has 0 N–H and O–H groups in total. The topological polar surface area (TPSA) is 35.5 Å². The minimum atomic E-state index is -1.02. The van der Waals surface area contributed by atoms with E-state index in [1.54, 1.807) is 14.0 Å². The third kappa shape index (κ3) is 5.60. The Labute approximate surface area is 81.3 Å². The second kappa shape index (κ2) is 6.86. The Morgan fingerprint density at radius 3 is 2.46 bits per heavy atom. The number of methoxy groups -OCH3 is 1. The fraction of sp³-hybridized carbons (Fsp3) is 0.667. The van der Waals surface area contributed by atoms with Crippen LogP contribution in [0.5, 0.6) is 0 Å². The lowest BCUT2D eigenvalue weighted by molar-refractivity contribution is -0.137. The Morgan fingerprint density at radius 2 is 2.08 bits per heavy atom. The number of hydrogen-bond donors (Lipinski definition) is 0. The molecule has 3 nitrogen and oxygen atoms in total. The highest BCUT2D eigenvalue weighted by molar-refractivity contribution is 6.58. The third-order valence-electron chi connectivity index (χ3n) is 1.78. The van der Waals surface area contributed by atoms with Gasteiger partial charge in [0, 0.05) is 18.9 Å². The first-order chi connectivity index (χ1) is 6.11. The van der Waals surface area contributed by atoms with Gasteiger partial charge in [-0.25, -0.2) is 4.79 Å². The van der Waals surface area contributed by atoms with Gasteiger partial charge in [0.2, 0.25) is 0 Å². The highest BCUT2D eigenvalue weighted by atomic mass is 28.3. The molecule has 1 atom stereocenters. The molecule has 76 valence electrons. The Kier molecular flexibility index (Phi) is 6.53. The summed E-state index contributed by atoms with van der Waals surface area (Å²) in [7, 11) is 0.660. The van der Waals surface area contributed by atoms with Crippen molar-refractivity contribution in [3.8, 4) is 0 Å². The van der Waals surface area contributed by atoms with E-state index in [-0.39, 0.29) is 5.97 Å². The molecule has 1 unspecified atom stereocenters. The molecule has 0 saturated carbocycles. The van der Waals surface area contributed by atoms with Crippen LogP contribution in [-0.2, 0) is 14.3 Å². The lowest BCUT2D eigenvalue weighted by Crippen LogP contribution is -2.27. The first-order valence-electron chi connectivity index (χ1n) is 4.43. The van der Waals surface area contributed by atoms with Crippen molar-refractivity contribution in [3.63, 3.8) is 0 Å². The second-order valence-corrected chi connectivity index (χ2v) is 6.32. The Hall–Kier alpha value is -0.613. The third-order valence-corrected chi connectivity index (χ3v) is 4.38. The van der Waals surface area contributed by atoms with Gasteiger partial charge in [0.1, 0.15) is 8.80 Å². The van der Waals surface area contributed by atoms with E-state index in [9.17, 15) is 4.79 Å². The maximum absolute atomic E-state index is 11.0. The zero-order chi connectivity index (χ0) is 10.3. The molecule has 0 heterocycles. The summed E-state index contributed by atoms with van der Waals surface area (Å²) in [6, 6.07) is 1.08. The van der Waals surface area contributed by atoms with Crippen molar-refractivity contribution in [2.24, 2.45) is 0 Å². The van der Waals surface area contributed by atoms with E-state index in [0.29, 0.717) is 11.8 Å². The largest absolute Gasteiger partial charge is 0.466 e. The van der Waals surface area contributed by atoms with Crippen LogP contribution >= 0.6 is 0 Å². The molecule has 4 heteroatoms. The monoisotopic (exact) mass is 202 g/mol. The minimum Gasteiger partial charge on any atom is -0.466 e. The molecular formula is C9H18O3Si. The Morgan fingerprint density at radius 1 is 1.46 bits per heavy atom. The molecule has 0 aromatic rings. The summed E-state index contributed by atoms with van der Waals surface area (Å²) in [5.74, 6) is -0.290. The molecule has 0 aromatic heterocycles. The van der Waals surface area contributed by atoms with Crippen LogP contribution in [0.2, 0.25) is 6.04 Å². The van der Waals surface area contributed by atoms with E-state index in [0.717, 1.165) is 12.3 Å². The molecule has 0 aliphatic carbocycles. The fourth-order valence-electron chi connectivity index (χ4n) is 0.836. The van der Waals surface area contributed by atoms with E-state index < -0.39 is 8.80 Å². The molecule has 0 aliphatic rings. The van der Waals surface area contributed by atoms with Crippen molar-refractivity contribution < 1.29 is 14.3 Å². The van der Waals surface area contributed by atoms with Crippen molar-refractivity contribution >= 4 is 14.8 Å². The van der Waals surface area contributed by atoms with Gasteiger partial charge in [-0.2, -0.15) is 0 Å². The van der Waals surface area contributed by atoms with Crippen LogP contribution in [0.1, 0.15) is 13.8 Å². The lowest BCUT2D eigenvalue weighted by Gasteiger charge is -2.11. The number of carbonyl (C=O) groups is 1. The maximum atomic E-state index is 11.0. The first kappa shape index (κ1) is 12.4. The van der Waals surface area contributed by atoms with Crippen molar-refractivity contribution in [2.45, 2.75) is 19.9 Å². The predicted octanol–water partition coefficient (Wildman–Crippen LogP) is 1.08. The van der Waals surface area contributed by atoms with Crippen molar-refractivity contribution in [2.75, 3.05) is 19.6 Å². The van der Waals surface area contributed by atoms with Crippen LogP contribution in [0, 0.1) is 0 Å². The van der Waals surface area contributed by atoms with Crippen molar-refractivity contribution in [1.29, 1.82) is 0 Å². The molecule has 0 aliphatic heterocycles. The van der Waals surface area contributed by atoms with Crippen molar-refractivity contribution in [3.05, 3.63) is 12.2 Å². The van der Waals surface area contributed by atoms with E-state index >= 15 is 0 Å². The van der Waals surface area contributed by atoms with Crippen LogP contribution in [0.15, 0.2) is 12.2 Å². The van der Waals surface area contributed by atoms with Gasteiger partial charge >= 0.3 is 5.97 Å². The summed E-state index contributed by atoms with van der Waals surface area (Å²) >= 11 is 0. The summed E-state index contributed by atoms with van der Waals surface area (Å²) in [5, 5.41) is 0. The van der Waals surface area contributed by atoms with Crippen molar-refractivity contribution in [1.82, 2.24) is 0 Å². The first-order valence-corrected chi connectivity index (χ1v) is 6.88. The Balaban J connectivity index is 3.71. The average molecular weight is 202 g/mol. The fourth-order valence-corrected chi connectivity index (χ4v) is 2.26. The van der Waals surface area contributed by atoms with Gasteiger partial charge in [0.25, 0.3) is 0 Å². The smallest absolute Gasteiger partial charge is 0.332 e. The quantitative estimate of drug-likeness (QED) is 0.367. The van der Waals surface area contributed by atoms with E-state index in [1.165, 1.54) is 0 Å². The molecule has 13 heavy (non-hydrogen) atoms. The summed E-state index contributed by atoms with van der Waals surface area (Å²) in [4.78, 5) is 11.0. The molecular weight excluding hydrogens is 184 g/mol. The number of hydrogen-bond acceptors (Lipinski definition) is 3. The Bertz CT molecular complexity index is 180. The van der Waals surface area contributed by atoms with E-state index in [2.05, 4.69) is 13.5 Å². The number of ether oxygens (including phenoxy) is 2. The highest BCUT2D eigenvalue weighted by Gasteiger charge is 2.11. The molecule has 0 aromatic carbocycles. The van der Waals surface area contributed by atoms with Gasteiger partial charge < -0.3 is 9.47 Å². The summed E-state index contributed by atoms with van der Waals surface area (Å²) in [6.45, 7) is 7.27. The normalized spacial score (nSPS) is 12.2. The molecule has 0 rings (SSSR count). The highest BCUT2D eigenvalue weighted by Crippen LogP contribution is 1.97.